The fraction of sp³-hybridized carbons (Fsp3) is 0.500. The first-order valence-corrected chi connectivity index (χ1v) is 15.9. The molecule has 2 aliphatic heterocycles. The molecule has 2 aromatic rings. The number of carbonyl (C=O) groups is 1. The van der Waals surface area contributed by atoms with E-state index in [-0.39, 0.29) is 6.61 Å². The Morgan fingerprint density at radius 3 is 2.48 bits per heavy atom. The molecule has 44 heavy (non-hydrogen) atoms. The molecule has 1 aromatic heterocycles. The summed E-state index contributed by atoms with van der Waals surface area (Å²) in [6, 6.07) is 9.35. The molecule has 0 radical (unpaired) electrons. The quantitative estimate of drug-likeness (QED) is 0.313. The van der Waals surface area contributed by atoms with E-state index in [4.69, 9.17) is 32.9 Å². The zero-order valence-corrected chi connectivity index (χ0v) is 26.7. The Kier molecular flexibility index (Phi) is 13.4. The molecule has 3 heterocycles. The van der Waals surface area contributed by atoms with Crippen molar-refractivity contribution < 1.29 is 19.7 Å². The summed E-state index contributed by atoms with van der Waals surface area (Å²) < 4.78 is 6.28. The van der Waals surface area contributed by atoms with Crippen LogP contribution in [0.15, 0.2) is 52.3 Å². The van der Waals surface area contributed by atoms with Crippen LogP contribution in [0.4, 0.5) is 0 Å². The average Bonchev–Trinajstić information content (AvgIpc) is 2.98. The van der Waals surface area contributed by atoms with E-state index in [1.165, 1.54) is 0 Å². The second-order valence-corrected chi connectivity index (χ2v) is 12.2. The minimum Gasteiger partial charge on any atom is -0.481 e. The number of ether oxygens (including phenoxy) is 1. The minimum absolute atomic E-state index is 0.242. The first-order chi connectivity index (χ1) is 21.3. The summed E-state index contributed by atoms with van der Waals surface area (Å²) in [5.41, 5.74) is 2.54. The average molecular weight is 646 g/mol. The molecule has 1 fully saturated rings. The van der Waals surface area contributed by atoms with Gasteiger partial charge in [0, 0.05) is 54.1 Å². The van der Waals surface area contributed by atoms with Gasteiger partial charge in [0.15, 0.2) is 5.76 Å². The summed E-state index contributed by atoms with van der Waals surface area (Å²) in [6.07, 6.45) is 8.53. The molecule has 12 heteroatoms. The van der Waals surface area contributed by atoms with Crippen LogP contribution < -0.4 is 10.1 Å². The molecule has 0 spiro atoms. The molecule has 1 unspecified atom stereocenters. The number of allylic oxidation sites excluding steroid dienone is 1. The van der Waals surface area contributed by atoms with E-state index in [0.717, 1.165) is 56.6 Å². The maximum atomic E-state index is 11.2. The molecule has 1 aromatic carbocycles. The number of aliphatic carboxylic acids is 1. The van der Waals surface area contributed by atoms with Gasteiger partial charge in [0.2, 0.25) is 5.88 Å². The smallest absolute Gasteiger partial charge is 0.306 e. The van der Waals surface area contributed by atoms with E-state index in [1.54, 1.807) is 31.7 Å². The summed E-state index contributed by atoms with van der Waals surface area (Å²) in [7, 11) is 0. The Morgan fingerprint density at radius 2 is 1.77 bits per heavy atom. The van der Waals surface area contributed by atoms with E-state index in [1.807, 2.05) is 24.3 Å². The van der Waals surface area contributed by atoms with Crippen molar-refractivity contribution in [3.63, 3.8) is 0 Å². The predicted octanol–water partition coefficient (Wildman–Crippen LogP) is 4.99. The van der Waals surface area contributed by atoms with Crippen molar-refractivity contribution in [1.82, 2.24) is 20.1 Å². The molecule has 0 amide bonds. The highest BCUT2D eigenvalue weighted by atomic mass is 35.5. The lowest BCUT2D eigenvalue weighted by atomic mass is 9.93. The van der Waals surface area contributed by atoms with E-state index in [0.29, 0.717) is 65.9 Å². The summed E-state index contributed by atoms with van der Waals surface area (Å²) in [5, 5.41) is 22.7. The van der Waals surface area contributed by atoms with Crippen molar-refractivity contribution in [2.24, 2.45) is 21.8 Å². The molecule has 0 saturated carbocycles. The number of aromatic nitrogens is 1. The van der Waals surface area contributed by atoms with Gasteiger partial charge in [0.25, 0.3) is 0 Å². The fourth-order valence-electron chi connectivity index (χ4n) is 5.26. The fourth-order valence-corrected chi connectivity index (χ4v) is 5.79. The summed E-state index contributed by atoms with van der Waals surface area (Å²) in [6.45, 7) is 7.81. The maximum absolute atomic E-state index is 11.2. The van der Waals surface area contributed by atoms with Crippen molar-refractivity contribution in [3.05, 3.63) is 57.9 Å². The Labute approximate surface area is 269 Å². The second kappa shape index (κ2) is 17.5. The van der Waals surface area contributed by atoms with Crippen LogP contribution in [-0.4, -0.2) is 95.9 Å². The standard InChI is InChI=1S/C32H42Cl2N6O4/c1-23(32(42)43)2-8-39-11-6-35-19-29(20-37-22-36-7-12-39)44-31-15-25(21-40-9-3-24(4-10-40)5-13-41)14-30(38-31)26-16-27(33)18-28(34)17-26/h14-20,22-24,41H,2-13,21H2,1H3,(H,36,37)(H,42,43)/b29-20+,35-19?. The number of aliphatic imine (C=N–C) groups is 2. The molecule has 1 saturated heterocycles. The number of piperidine rings is 1. The van der Waals surface area contributed by atoms with E-state index in [9.17, 15) is 15.0 Å². The Hall–Kier alpha value is -3.02. The number of aliphatic hydroxyl groups excluding tert-OH is 1. The van der Waals surface area contributed by atoms with Gasteiger partial charge in [-0.3, -0.25) is 24.6 Å². The van der Waals surface area contributed by atoms with Crippen LogP contribution >= 0.6 is 23.2 Å². The van der Waals surface area contributed by atoms with Crippen LogP contribution in [0.1, 0.15) is 38.2 Å². The Morgan fingerprint density at radius 1 is 1.05 bits per heavy atom. The maximum Gasteiger partial charge on any atom is 0.306 e. The normalized spacial score (nSPS) is 19.3. The van der Waals surface area contributed by atoms with Crippen LogP contribution in [-0.2, 0) is 11.3 Å². The van der Waals surface area contributed by atoms with Crippen molar-refractivity contribution in [2.75, 3.05) is 52.4 Å². The number of benzene rings is 1. The van der Waals surface area contributed by atoms with Crippen LogP contribution in [0.5, 0.6) is 5.88 Å². The van der Waals surface area contributed by atoms with Crippen molar-refractivity contribution >= 4 is 41.7 Å². The van der Waals surface area contributed by atoms with Crippen molar-refractivity contribution in [2.45, 2.75) is 39.2 Å². The van der Waals surface area contributed by atoms with E-state index in [2.05, 4.69) is 25.1 Å². The SMILES string of the molecule is CC(CCN1CCN=CN/C=C(/Oc2cc(CN3CCC(CCO)CC3)cc(-c3cc(Cl)cc(Cl)c3)n2)C=NCC1)C(=O)O. The molecule has 3 N–H and O–H groups in total. The van der Waals surface area contributed by atoms with Crippen molar-refractivity contribution in [3.8, 4) is 17.1 Å². The van der Waals surface area contributed by atoms with Crippen molar-refractivity contribution in [1.29, 1.82) is 0 Å². The lowest BCUT2D eigenvalue weighted by Crippen LogP contribution is -2.33. The van der Waals surface area contributed by atoms with Gasteiger partial charge in [-0.1, -0.05) is 30.1 Å². The Bertz CT molecular complexity index is 1310. The lowest BCUT2D eigenvalue weighted by molar-refractivity contribution is -0.141. The summed E-state index contributed by atoms with van der Waals surface area (Å²) in [5.74, 6) is 0.264. The molecule has 238 valence electrons. The highest BCUT2D eigenvalue weighted by molar-refractivity contribution is 6.35. The molecular formula is C32H42Cl2N6O4. The monoisotopic (exact) mass is 644 g/mol. The first-order valence-electron chi connectivity index (χ1n) is 15.2. The molecule has 1 atom stereocenters. The molecule has 10 nitrogen and oxygen atoms in total. The zero-order valence-electron chi connectivity index (χ0n) is 25.2. The topological polar surface area (TPSA) is 123 Å². The molecule has 0 aliphatic carbocycles. The van der Waals surface area contributed by atoms with E-state index >= 15 is 0 Å². The zero-order chi connectivity index (χ0) is 31.3. The van der Waals surface area contributed by atoms with E-state index < -0.39 is 11.9 Å². The minimum atomic E-state index is -0.784. The second-order valence-electron chi connectivity index (χ2n) is 11.3. The van der Waals surface area contributed by atoms with Crippen LogP contribution in [0.3, 0.4) is 0 Å². The first kappa shape index (κ1) is 33.9. The highest BCUT2D eigenvalue weighted by Gasteiger charge is 2.20. The third kappa shape index (κ3) is 11.2. The number of carboxylic acids is 1. The lowest BCUT2D eigenvalue weighted by Gasteiger charge is -2.31. The van der Waals surface area contributed by atoms with Gasteiger partial charge in [0.1, 0.15) is 0 Å². The van der Waals surface area contributed by atoms with Gasteiger partial charge in [0.05, 0.1) is 37.3 Å². The third-order valence-corrected chi connectivity index (χ3v) is 8.33. The number of hydrogen-bond acceptors (Lipinski definition) is 9. The van der Waals surface area contributed by atoms with Gasteiger partial charge in [-0.25, -0.2) is 4.98 Å². The van der Waals surface area contributed by atoms with Gasteiger partial charge >= 0.3 is 5.97 Å². The number of rotatable bonds is 11. The predicted molar refractivity (Wildman–Crippen MR) is 176 cm³/mol. The van der Waals surface area contributed by atoms with Crippen LogP contribution in [0.25, 0.3) is 11.3 Å². The van der Waals surface area contributed by atoms with Crippen LogP contribution in [0, 0.1) is 11.8 Å². The molecular weight excluding hydrogens is 603 g/mol. The van der Waals surface area contributed by atoms with Gasteiger partial charge in [-0.05, 0) is 81.1 Å². The largest absolute Gasteiger partial charge is 0.481 e. The van der Waals surface area contributed by atoms with Gasteiger partial charge < -0.3 is 20.3 Å². The number of carboxylic acid groups (broad SMARTS) is 1. The number of nitrogens with zero attached hydrogens (tertiary/aromatic N) is 5. The van der Waals surface area contributed by atoms with Gasteiger partial charge in [-0.2, -0.15) is 0 Å². The number of aliphatic hydroxyl groups is 1. The molecule has 4 rings (SSSR count). The summed E-state index contributed by atoms with van der Waals surface area (Å²) in [4.78, 5) is 29.6. The van der Waals surface area contributed by atoms with Gasteiger partial charge in [-0.15, -0.1) is 0 Å². The third-order valence-electron chi connectivity index (χ3n) is 7.89. The van der Waals surface area contributed by atoms with Crippen LogP contribution in [0.2, 0.25) is 10.0 Å². The molecule has 0 bridgehead atoms. The summed E-state index contributed by atoms with van der Waals surface area (Å²) >= 11 is 12.7. The number of halogens is 2. The highest BCUT2D eigenvalue weighted by Crippen LogP contribution is 2.30. The molecule has 2 aliphatic rings. The number of hydrogen-bond donors (Lipinski definition) is 3. The number of pyridine rings is 1. The number of likely N-dealkylation sites (tertiary alicyclic amines) is 1. The Balaban J connectivity index is 1.51. The number of nitrogens with one attached hydrogen (secondary N) is 1.